The number of sulfonamides is 1. The molecule has 0 saturated carbocycles. The zero-order chi connectivity index (χ0) is 24.7. The Labute approximate surface area is 203 Å². The molecule has 1 aliphatic heterocycles. The highest BCUT2D eigenvalue weighted by Gasteiger charge is 2.30. The zero-order valence-electron chi connectivity index (χ0n) is 18.1. The molecule has 6 nitrogen and oxygen atoms in total. The molecule has 2 heterocycles. The molecule has 176 valence electrons. The van der Waals surface area contributed by atoms with Gasteiger partial charge in [0.1, 0.15) is 5.82 Å². The molecule has 4 aromatic rings. The molecule has 10 heteroatoms. The van der Waals surface area contributed by atoms with Crippen LogP contribution in [-0.2, 0) is 23.0 Å². The number of thiazole rings is 1. The van der Waals surface area contributed by atoms with Crippen LogP contribution in [0.25, 0.3) is 10.2 Å². The summed E-state index contributed by atoms with van der Waals surface area (Å²) in [5.41, 5.74) is 1.81. The van der Waals surface area contributed by atoms with E-state index in [4.69, 9.17) is 6.42 Å². The average molecular weight is 510 g/mol. The third-order valence-electron chi connectivity index (χ3n) is 5.68. The lowest BCUT2D eigenvalue weighted by Crippen LogP contribution is -2.29. The molecular weight excluding hydrogens is 492 g/mol. The highest BCUT2D eigenvalue weighted by molar-refractivity contribution is 7.92. The average Bonchev–Trinajstić information content (AvgIpc) is 3.41. The zero-order valence-corrected chi connectivity index (χ0v) is 19.7. The fourth-order valence-electron chi connectivity index (χ4n) is 4.06. The Morgan fingerprint density at radius 3 is 2.60 bits per heavy atom. The fourth-order valence-corrected chi connectivity index (χ4v) is 6.63. The molecule has 0 radical (unpaired) electrons. The highest BCUT2D eigenvalue weighted by atomic mass is 32.2. The van der Waals surface area contributed by atoms with Crippen LogP contribution in [0.4, 0.5) is 14.5 Å². The van der Waals surface area contributed by atoms with Crippen molar-refractivity contribution in [3.8, 4) is 12.3 Å². The molecule has 35 heavy (non-hydrogen) atoms. The van der Waals surface area contributed by atoms with Gasteiger partial charge in [-0.3, -0.25) is 9.10 Å². The fraction of sp³-hybridized carbons (Fsp3) is 0.120. The second-order valence-electron chi connectivity index (χ2n) is 7.81. The third-order valence-corrected chi connectivity index (χ3v) is 8.53. The number of benzene rings is 3. The van der Waals surface area contributed by atoms with Crippen molar-refractivity contribution in [1.82, 2.24) is 4.57 Å². The van der Waals surface area contributed by atoms with Crippen LogP contribution in [0.15, 0.2) is 70.6 Å². The Bertz CT molecular complexity index is 1700. The van der Waals surface area contributed by atoms with Gasteiger partial charge >= 0.3 is 0 Å². The number of terminal acetylenes is 1. The van der Waals surface area contributed by atoms with Crippen LogP contribution in [0.1, 0.15) is 15.9 Å². The van der Waals surface area contributed by atoms with Crippen molar-refractivity contribution in [2.45, 2.75) is 17.9 Å². The van der Waals surface area contributed by atoms with Crippen molar-refractivity contribution in [2.75, 3.05) is 10.8 Å². The topological polar surface area (TPSA) is 71.7 Å². The normalized spacial score (nSPS) is 13.7. The van der Waals surface area contributed by atoms with Crippen molar-refractivity contribution in [1.29, 1.82) is 0 Å². The van der Waals surface area contributed by atoms with Gasteiger partial charge in [0.2, 0.25) is 0 Å². The summed E-state index contributed by atoms with van der Waals surface area (Å²) < 4.78 is 57.3. The number of hydrogen-bond donors (Lipinski definition) is 0. The number of amides is 1. The van der Waals surface area contributed by atoms with E-state index in [1.165, 1.54) is 33.1 Å². The standard InChI is InChI=1S/C25H17F2N3O3S2/c1-2-12-29-23-20(27)14-18(26)15-22(23)34-25(29)28-24(31)17-7-9-19(10-8-17)35(32,33)30-13-11-16-5-3-4-6-21(16)30/h1,3-10,14-15H,11-13H2. The maximum Gasteiger partial charge on any atom is 0.279 e. The molecule has 0 fully saturated rings. The van der Waals surface area contributed by atoms with Crippen molar-refractivity contribution >= 4 is 43.2 Å². The van der Waals surface area contributed by atoms with Crippen molar-refractivity contribution < 1.29 is 22.0 Å². The summed E-state index contributed by atoms with van der Waals surface area (Å²) in [4.78, 5) is 17.0. The number of aromatic nitrogens is 1. The van der Waals surface area contributed by atoms with Gasteiger partial charge in [-0.1, -0.05) is 35.5 Å². The summed E-state index contributed by atoms with van der Waals surface area (Å²) in [6.07, 6.45) is 6.02. The lowest BCUT2D eigenvalue weighted by Gasteiger charge is -2.19. The van der Waals surface area contributed by atoms with Crippen molar-refractivity contribution in [3.05, 3.63) is 88.2 Å². The molecule has 1 amide bonds. The van der Waals surface area contributed by atoms with Crippen LogP contribution in [0.3, 0.4) is 0 Å². The van der Waals surface area contributed by atoms with Gasteiger partial charge in [0.05, 0.1) is 27.3 Å². The minimum absolute atomic E-state index is 0.0487. The lowest BCUT2D eigenvalue weighted by molar-refractivity contribution is 0.0997. The highest BCUT2D eigenvalue weighted by Crippen LogP contribution is 2.32. The lowest BCUT2D eigenvalue weighted by atomic mass is 10.2. The van der Waals surface area contributed by atoms with E-state index in [9.17, 15) is 22.0 Å². The number of para-hydroxylation sites is 1. The number of rotatable bonds is 4. The quantitative estimate of drug-likeness (QED) is 0.389. The minimum atomic E-state index is -3.80. The van der Waals surface area contributed by atoms with Gasteiger partial charge < -0.3 is 4.57 Å². The molecular formula is C25H17F2N3O3S2. The molecule has 0 N–H and O–H groups in total. The van der Waals surface area contributed by atoms with Gasteiger partial charge in [-0.05, 0) is 48.4 Å². The van der Waals surface area contributed by atoms with Crippen LogP contribution < -0.4 is 9.11 Å². The van der Waals surface area contributed by atoms with Gasteiger partial charge in [0.25, 0.3) is 15.9 Å². The van der Waals surface area contributed by atoms with Crippen LogP contribution in [0, 0.1) is 24.0 Å². The van der Waals surface area contributed by atoms with Gasteiger partial charge in [-0.2, -0.15) is 4.99 Å². The Balaban J connectivity index is 1.49. The maximum atomic E-state index is 14.4. The van der Waals surface area contributed by atoms with Crippen molar-refractivity contribution in [2.24, 2.45) is 4.99 Å². The van der Waals surface area contributed by atoms with Crippen LogP contribution in [0.5, 0.6) is 0 Å². The first-order valence-corrected chi connectivity index (χ1v) is 12.8. The number of hydrogen-bond acceptors (Lipinski definition) is 4. The Morgan fingerprint density at radius 2 is 1.86 bits per heavy atom. The number of anilines is 1. The number of halogens is 2. The van der Waals surface area contributed by atoms with E-state index < -0.39 is 27.6 Å². The van der Waals surface area contributed by atoms with Gasteiger partial charge in [0.15, 0.2) is 10.6 Å². The molecule has 0 saturated heterocycles. The maximum absolute atomic E-state index is 14.4. The number of fused-ring (bicyclic) bond motifs is 2. The molecule has 0 unspecified atom stereocenters. The first kappa shape index (κ1) is 23.0. The van der Waals surface area contributed by atoms with Crippen LogP contribution in [0.2, 0.25) is 0 Å². The molecule has 1 aliphatic rings. The number of carbonyl (C=O) groups excluding carboxylic acids is 1. The Morgan fingerprint density at radius 1 is 1.11 bits per heavy atom. The summed E-state index contributed by atoms with van der Waals surface area (Å²) in [5, 5.41) is 0. The van der Waals surface area contributed by atoms with Crippen LogP contribution in [-0.4, -0.2) is 25.4 Å². The molecule has 0 aliphatic carbocycles. The largest absolute Gasteiger partial charge is 0.302 e. The van der Waals surface area contributed by atoms with E-state index in [2.05, 4.69) is 10.9 Å². The SMILES string of the molecule is C#CCn1c(=NC(=O)c2ccc(S(=O)(=O)N3CCc4ccccc43)cc2)sc2cc(F)cc(F)c21. The smallest absolute Gasteiger partial charge is 0.279 e. The van der Waals surface area contributed by atoms with Crippen molar-refractivity contribution in [3.63, 3.8) is 0 Å². The Kier molecular flexibility index (Phi) is 5.75. The molecule has 0 atom stereocenters. The number of nitrogens with zero attached hydrogens (tertiary/aromatic N) is 3. The van der Waals surface area contributed by atoms with E-state index in [0.29, 0.717) is 18.7 Å². The molecule has 0 bridgehead atoms. The number of carbonyl (C=O) groups is 1. The summed E-state index contributed by atoms with van der Waals surface area (Å²) in [7, 11) is -3.80. The third kappa shape index (κ3) is 4.03. The van der Waals surface area contributed by atoms with Crippen LogP contribution >= 0.6 is 11.3 Å². The first-order chi connectivity index (χ1) is 16.8. The molecule has 1 aromatic heterocycles. The van der Waals surface area contributed by atoms with E-state index >= 15 is 0 Å². The predicted octanol–water partition coefficient (Wildman–Crippen LogP) is 4.11. The summed E-state index contributed by atoms with van der Waals surface area (Å²) in [5.74, 6) is 0.157. The summed E-state index contributed by atoms with van der Waals surface area (Å²) in [6.45, 7) is 0.277. The van der Waals surface area contributed by atoms with Gasteiger partial charge in [-0.25, -0.2) is 17.2 Å². The monoisotopic (exact) mass is 509 g/mol. The second-order valence-corrected chi connectivity index (χ2v) is 10.7. The van der Waals surface area contributed by atoms with E-state index in [1.54, 1.807) is 12.1 Å². The summed E-state index contributed by atoms with van der Waals surface area (Å²) >= 11 is 0.930. The van der Waals surface area contributed by atoms with Gasteiger partial charge in [-0.15, -0.1) is 6.42 Å². The second kappa shape index (κ2) is 8.76. The van der Waals surface area contributed by atoms with E-state index in [-0.39, 0.29) is 32.0 Å². The van der Waals surface area contributed by atoms with E-state index in [0.717, 1.165) is 29.0 Å². The molecule has 5 rings (SSSR count). The van der Waals surface area contributed by atoms with Gasteiger partial charge in [0, 0.05) is 18.2 Å². The molecule has 3 aromatic carbocycles. The molecule has 0 spiro atoms. The first-order valence-electron chi connectivity index (χ1n) is 10.5. The Hall–Kier alpha value is -3.81. The minimum Gasteiger partial charge on any atom is -0.302 e. The summed E-state index contributed by atoms with van der Waals surface area (Å²) in [6, 6.07) is 14.7. The predicted molar refractivity (Wildman–Crippen MR) is 130 cm³/mol. The van der Waals surface area contributed by atoms with E-state index in [1.807, 2.05) is 12.1 Å².